The van der Waals surface area contributed by atoms with Gasteiger partial charge in [0.15, 0.2) is 0 Å². The second-order valence-electron chi connectivity index (χ2n) is 8.13. The highest BCUT2D eigenvalue weighted by Gasteiger charge is 2.41. The molecule has 0 unspecified atom stereocenters. The molecule has 0 saturated carbocycles. The summed E-state index contributed by atoms with van der Waals surface area (Å²) in [6.07, 6.45) is -1.14. The van der Waals surface area contributed by atoms with Crippen LogP contribution < -0.4 is 0 Å². The Morgan fingerprint density at radius 1 is 0.923 bits per heavy atom. The van der Waals surface area contributed by atoms with Gasteiger partial charge in [-0.05, 0) is 41.5 Å². The van der Waals surface area contributed by atoms with Crippen LogP contribution in [0.25, 0.3) is 0 Å². The van der Waals surface area contributed by atoms with Crippen LogP contribution in [-0.2, 0) is 19.1 Å². The quantitative estimate of drug-likeness (QED) is 0.687. The van der Waals surface area contributed by atoms with E-state index in [2.05, 4.69) is 0 Å². The van der Waals surface area contributed by atoms with Gasteiger partial charge in [-0.2, -0.15) is 0 Å². The summed E-state index contributed by atoms with van der Waals surface area (Å²) in [5, 5.41) is 1.03. The SMILES string of the molecule is CON(C)C(=O)[C@H]1CN(C(=O)OC(C)(C)C)CCN1C(=O)OC(C)(C)C. The number of hydroxylamine groups is 2. The van der Waals surface area contributed by atoms with E-state index in [4.69, 9.17) is 14.3 Å². The average molecular weight is 373 g/mol. The molecule has 0 spiro atoms. The van der Waals surface area contributed by atoms with Crippen molar-refractivity contribution in [2.45, 2.75) is 58.8 Å². The van der Waals surface area contributed by atoms with Crippen molar-refractivity contribution in [3.05, 3.63) is 0 Å². The zero-order valence-electron chi connectivity index (χ0n) is 17.0. The van der Waals surface area contributed by atoms with Crippen LogP contribution in [0.2, 0.25) is 0 Å². The first-order chi connectivity index (χ1) is 11.7. The highest BCUT2D eigenvalue weighted by atomic mass is 16.7. The van der Waals surface area contributed by atoms with Gasteiger partial charge < -0.3 is 14.4 Å². The lowest BCUT2D eigenvalue weighted by molar-refractivity contribution is -0.176. The fourth-order valence-electron chi connectivity index (χ4n) is 2.33. The van der Waals surface area contributed by atoms with Crippen molar-refractivity contribution >= 4 is 18.1 Å². The molecule has 26 heavy (non-hydrogen) atoms. The van der Waals surface area contributed by atoms with Crippen molar-refractivity contribution in [2.75, 3.05) is 33.8 Å². The summed E-state index contributed by atoms with van der Waals surface area (Å²) >= 11 is 0. The summed E-state index contributed by atoms with van der Waals surface area (Å²) in [5.74, 6) is -0.452. The molecule has 0 aliphatic carbocycles. The Hall–Kier alpha value is -2.03. The van der Waals surface area contributed by atoms with Gasteiger partial charge in [0.1, 0.15) is 17.2 Å². The zero-order chi connectivity index (χ0) is 20.3. The summed E-state index contributed by atoms with van der Waals surface area (Å²) in [6.45, 7) is 11.0. The smallest absolute Gasteiger partial charge is 0.411 e. The maximum absolute atomic E-state index is 12.6. The zero-order valence-corrected chi connectivity index (χ0v) is 17.0. The molecular formula is C17H31N3O6. The van der Waals surface area contributed by atoms with Crippen LogP contribution in [-0.4, -0.2) is 84.0 Å². The van der Waals surface area contributed by atoms with Crippen LogP contribution in [0.15, 0.2) is 0 Å². The maximum Gasteiger partial charge on any atom is 0.411 e. The summed E-state index contributed by atoms with van der Waals surface area (Å²) in [4.78, 5) is 45.2. The van der Waals surface area contributed by atoms with Gasteiger partial charge in [0, 0.05) is 20.1 Å². The predicted octanol–water partition coefficient (Wildman–Crippen LogP) is 1.86. The first-order valence-corrected chi connectivity index (χ1v) is 8.54. The first-order valence-electron chi connectivity index (χ1n) is 8.54. The van der Waals surface area contributed by atoms with E-state index >= 15 is 0 Å². The highest BCUT2D eigenvalue weighted by Crippen LogP contribution is 2.19. The second kappa shape index (κ2) is 8.11. The maximum atomic E-state index is 12.6. The van der Waals surface area contributed by atoms with E-state index in [9.17, 15) is 14.4 Å². The number of hydrogen-bond donors (Lipinski definition) is 0. The van der Waals surface area contributed by atoms with E-state index in [1.807, 2.05) is 0 Å². The molecule has 0 N–H and O–H groups in total. The molecule has 0 bridgehead atoms. The summed E-state index contributed by atoms with van der Waals surface area (Å²) in [5.41, 5.74) is -1.34. The van der Waals surface area contributed by atoms with E-state index in [-0.39, 0.29) is 19.6 Å². The summed E-state index contributed by atoms with van der Waals surface area (Å²) in [7, 11) is 2.80. The number of hydrogen-bond acceptors (Lipinski definition) is 6. The van der Waals surface area contributed by atoms with Gasteiger partial charge in [-0.25, -0.2) is 14.7 Å². The number of nitrogens with zero attached hydrogens (tertiary/aromatic N) is 3. The van der Waals surface area contributed by atoms with Crippen LogP contribution in [0.5, 0.6) is 0 Å². The molecule has 9 heteroatoms. The van der Waals surface area contributed by atoms with Crippen LogP contribution in [0, 0.1) is 0 Å². The van der Waals surface area contributed by atoms with Crippen molar-refractivity contribution < 1.29 is 28.7 Å². The Labute approximate surface area is 155 Å². The lowest BCUT2D eigenvalue weighted by atomic mass is 10.1. The predicted molar refractivity (Wildman–Crippen MR) is 94.3 cm³/mol. The van der Waals surface area contributed by atoms with E-state index in [1.54, 1.807) is 41.5 Å². The molecule has 9 nitrogen and oxygen atoms in total. The van der Waals surface area contributed by atoms with Gasteiger partial charge in [-0.15, -0.1) is 0 Å². The second-order valence-corrected chi connectivity index (χ2v) is 8.13. The van der Waals surface area contributed by atoms with Gasteiger partial charge in [-0.1, -0.05) is 0 Å². The number of rotatable bonds is 2. The molecular weight excluding hydrogens is 342 g/mol. The van der Waals surface area contributed by atoms with E-state index in [0.29, 0.717) is 0 Å². The molecule has 0 radical (unpaired) electrons. The first kappa shape index (κ1) is 22.0. The van der Waals surface area contributed by atoms with Gasteiger partial charge in [0.05, 0.1) is 13.7 Å². The molecule has 1 rings (SSSR count). The normalized spacial score (nSPS) is 18.4. The lowest BCUT2D eigenvalue weighted by Crippen LogP contribution is -2.62. The van der Waals surface area contributed by atoms with Crippen LogP contribution in [0.1, 0.15) is 41.5 Å². The minimum absolute atomic E-state index is 0.000684. The third-order valence-electron chi connectivity index (χ3n) is 3.53. The Balaban J connectivity index is 2.99. The molecule has 1 fully saturated rings. The fourth-order valence-corrected chi connectivity index (χ4v) is 2.33. The van der Waals surface area contributed by atoms with Crippen molar-refractivity contribution in [2.24, 2.45) is 0 Å². The van der Waals surface area contributed by atoms with Crippen molar-refractivity contribution in [3.63, 3.8) is 0 Å². The minimum atomic E-state index is -0.920. The molecule has 0 aromatic rings. The number of ether oxygens (including phenoxy) is 2. The van der Waals surface area contributed by atoms with Gasteiger partial charge in [0.25, 0.3) is 5.91 Å². The number of amides is 3. The van der Waals surface area contributed by atoms with E-state index in [0.717, 1.165) is 5.06 Å². The monoisotopic (exact) mass is 373 g/mol. The highest BCUT2D eigenvalue weighted by molar-refractivity contribution is 5.86. The molecule has 150 valence electrons. The lowest BCUT2D eigenvalue weighted by Gasteiger charge is -2.41. The Morgan fingerprint density at radius 3 is 1.88 bits per heavy atom. The van der Waals surface area contributed by atoms with Crippen LogP contribution in [0.4, 0.5) is 9.59 Å². The standard InChI is InChI=1S/C17H31N3O6/c1-16(2,3)25-14(22)19-9-10-20(15(23)26-17(4,5)6)12(11-19)13(21)18(7)24-8/h12H,9-11H2,1-8H3/t12-/m1/s1. The van der Waals surface area contributed by atoms with Crippen LogP contribution in [0.3, 0.4) is 0 Å². The number of carbonyl (C=O) groups excluding carboxylic acids is 3. The number of likely N-dealkylation sites (N-methyl/N-ethyl adjacent to an activating group) is 1. The molecule has 1 atom stereocenters. The molecule has 1 aliphatic heterocycles. The van der Waals surface area contributed by atoms with Gasteiger partial charge >= 0.3 is 12.2 Å². The van der Waals surface area contributed by atoms with E-state index in [1.165, 1.54) is 24.0 Å². The molecule has 1 saturated heterocycles. The largest absolute Gasteiger partial charge is 0.444 e. The molecule has 3 amide bonds. The van der Waals surface area contributed by atoms with Crippen LogP contribution >= 0.6 is 0 Å². The molecule has 1 aliphatic rings. The van der Waals surface area contributed by atoms with Crippen molar-refractivity contribution in [1.29, 1.82) is 0 Å². The Bertz CT molecular complexity index is 538. The third-order valence-corrected chi connectivity index (χ3v) is 3.53. The van der Waals surface area contributed by atoms with E-state index < -0.39 is 35.3 Å². The third kappa shape index (κ3) is 6.36. The molecule has 0 aromatic carbocycles. The molecule has 0 aromatic heterocycles. The fraction of sp³-hybridized carbons (Fsp3) is 0.824. The van der Waals surface area contributed by atoms with Gasteiger partial charge in [-0.3, -0.25) is 14.5 Å². The number of carbonyl (C=O) groups is 3. The topological polar surface area (TPSA) is 88.6 Å². The Kier molecular flexibility index (Phi) is 6.87. The van der Waals surface area contributed by atoms with Gasteiger partial charge in [0.2, 0.25) is 0 Å². The van der Waals surface area contributed by atoms with Crippen molar-refractivity contribution in [1.82, 2.24) is 14.9 Å². The summed E-state index contributed by atoms with van der Waals surface area (Å²) in [6, 6.07) is -0.920. The summed E-state index contributed by atoms with van der Waals surface area (Å²) < 4.78 is 10.8. The van der Waals surface area contributed by atoms with Crippen molar-refractivity contribution in [3.8, 4) is 0 Å². The molecule has 1 heterocycles. The minimum Gasteiger partial charge on any atom is -0.444 e. The average Bonchev–Trinajstić information content (AvgIpc) is 2.49. The number of piperazine rings is 1. The Morgan fingerprint density at radius 2 is 1.42 bits per heavy atom.